The number of sulfone groups is 1. The van der Waals surface area contributed by atoms with Gasteiger partial charge in [-0.2, -0.15) is 0 Å². The van der Waals surface area contributed by atoms with Crippen LogP contribution >= 0.6 is 0 Å². The Labute approximate surface area is 147 Å². The zero-order chi connectivity index (χ0) is 18.2. The van der Waals surface area contributed by atoms with Gasteiger partial charge in [-0.15, -0.1) is 0 Å². The molecule has 1 saturated carbocycles. The van der Waals surface area contributed by atoms with Gasteiger partial charge in [-0.3, -0.25) is 0 Å². The molecule has 2 heterocycles. The van der Waals surface area contributed by atoms with Crippen molar-refractivity contribution >= 4 is 26.4 Å². The summed E-state index contributed by atoms with van der Waals surface area (Å²) in [5.74, 6) is 0.863. The highest BCUT2D eigenvalue weighted by atomic mass is 32.2. The van der Waals surface area contributed by atoms with Crippen molar-refractivity contribution in [3.05, 3.63) is 24.0 Å². The van der Waals surface area contributed by atoms with E-state index < -0.39 is 9.84 Å². The molecule has 0 radical (unpaired) electrons. The number of fused-ring (bicyclic) bond motifs is 1. The molecule has 0 saturated heterocycles. The Bertz CT molecular complexity index is 879. The Balaban J connectivity index is 1.89. The maximum absolute atomic E-state index is 11.5. The third kappa shape index (κ3) is 3.69. The average Bonchev–Trinajstić information content (AvgIpc) is 2.48. The number of hydrogen-bond acceptors (Lipinski definition) is 7. The van der Waals surface area contributed by atoms with E-state index in [2.05, 4.69) is 16.9 Å². The molecule has 1 aliphatic rings. The minimum Gasteiger partial charge on any atom is -0.474 e. The SMILES string of the molecule is CCC[C@@H](N)c1cnc(OC2CC(S(C)(=O)=O)C2)c2cnc(N)cc12. The molecule has 0 amide bonds. The standard InChI is InChI=1S/C17H24N4O3S/c1-3-4-15(18)13-8-21-17(14-9-20-16(19)7-12(13)14)24-10-5-11(6-10)25(2,22)23/h7-11,15H,3-6,18H2,1-2H3,(H2,19,20)/t10?,11?,15-/m1/s1. The first kappa shape index (κ1) is 17.9. The number of pyridine rings is 2. The summed E-state index contributed by atoms with van der Waals surface area (Å²) in [7, 11) is -3.01. The molecule has 136 valence electrons. The maximum Gasteiger partial charge on any atom is 0.223 e. The Morgan fingerprint density at radius 3 is 2.64 bits per heavy atom. The summed E-state index contributed by atoms with van der Waals surface area (Å²) in [5, 5.41) is 1.31. The van der Waals surface area contributed by atoms with Crippen molar-refractivity contribution in [3.63, 3.8) is 0 Å². The molecule has 4 N–H and O–H groups in total. The second kappa shape index (κ2) is 6.76. The van der Waals surface area contributed by atoms with E-state index in [-0.39, 0.29) is 17.4 Å². The number of nitrogens with two attached hydrogens (primary N) is 2. The summed E-state index contributed by atoms with van der Waals surface area (Å²) >= 11 is 0. The number of ether oxygens (including phenoxy) is 1. The molecule has 3 rings (SSSR count). The minimum absolute atomic E-state index is 0.130. The predicted molar refractivity (Wildman–Crippen MR) is 98.1 cm³/mol. The van der Waals surface area contributed by atoms with E-state index in [4.69, 9.17) is 16.2 Å². The molecule has 7 nitrogen and oxygen atoms in total. The molecule has 0 spiro atoms. The van der Waals surface area contributed by atoms with Crippen molar-refractivity contribution < 1.29 is 13.2 Å². The Morgan fingerprint density at radius 2 is 2.00 bits per heavy atom. The van der Waals surface area contributed by atoms with Crippen molar-refractivity contribution in [1.82, 2.24) is 9.97 Å². The predicted octanol–water partition coefficient (Wildman–Crippen LogP) is 1.97. The Kier molecular flexibility index (Phi) is 4.83. The minimum atomic E-state index is -3.01. The van der Waals surface area contributed by atoms with Crippen LogP contribution < -0.4 is 16.2 Å². The van der Waals surface area contributed by atoms with Crippen molar-refractivity contribution in [2.24, 2.45) is 5.73 Å². The quantitative estimate of drug-likeness (QED) is 0.803. The normalized spacial score (nSPS) is 21.7. The molecule has 2 aromatic heterocycles. The van der Waals surface area contributed by atoms with Gasteiger partial charge in [0.1, 0.15) is 11.9 Å². The molecule has 2 aromatic rings. The van der Waals surface area contributed by atoms with Crippen molar-refractivity contribution in [2.45, 2.75) is 50.0 Å². The molecule has 0 unspecified atom stereocenters. The number of anilines is 1. The lowest BCUT2D eigenvalue weighted by atomic mass is 9.95. The fourth-order valence-electron chi connectivity index (χ4n) is 3.13. The van der Waals surface area contributed by atoms with Crippen LogP contribution in [-0.2, 0) is 9.84 Å². The largest absolute Gasteiger partial charge is 0.474 e. The summed E-state index contributed by atoms with van der Waals surface area (Å²) in [6, 6.07) is 1.66. The van der Waals surface area contributed by atoms with E-state index in [0.717, 1.165) is 29.2 Å². The van der Waals surface area contributed by atoms with Gasteiger partial charge in [-0.05, 0) is 23.4 Å². The molecule has 8 heteroatoms. The van der Waals surface area contributed by atoms with Gasteiger partial charge >= 0.3 is 0 Å². The highest BCUT2D eigenvalue weighted by Gasteiger charge is 2.38. The Hall–Kier alpha value is -1.93. The smallest absolute Gasteiger partial charge is 0.223 e. The highest BCUT2D eigenvalue weighted by molar-refractivity contribution is 7.91. The number of nitrogen functional groups attached to an aromatic ring is 1. The fraction of sp³-hybridized carbons (Fsp3) is 0.529. The first-order valence-corrected chi connectivity index (χ1v) is 10.4. The summed E-state index contributed by atoms with van der Waals surface area (Å²) in [6.45, 7) is 2.08. The number of aromatic nitrogens is 2. The van der Waals surface area contributed by atoms with Gasteiger partial charge in [-0.25, -0.2) is 18.4 Å². The fourth-order valence-corrected chi connectivity index (χ4v) is 4.25. The van der Waals surface area contributed by atoms with Crippen molar-refractivity contribution in [1.29, 1.82) is 0 Å². The zero-order valence-corrected chi connectivity index (χ0v) is 15.3. The summed E-state index contributed by atoms with van der Waals surface area (Å²) in [6.07, 6.45) is 7.27. The van der Waals surface area contributed by atoms with E-state index in [1.54, 1.807) is 18.5 Å². The first-order chi connectivity index (χ1) is 11.8. The van der Waals surface area contributed by atoms with Gasteiger partial charge in [0.2, 0.25) is 5.88 Å². The van der Waals surface area contributed by atoms with E-state index >= 15 is 0 Å². The van der Waals surface area contributed by atoms with E-state index in [9.17, 15) is 8.42 Å². The monoisotopic (exact) mass is 364 g/mol. The summed E-state index contributed by atoms with van der Waals surface area (Å²) < 4.78 is 29.0. The van der Waals surface area contributed by atoms with E-state index in [0.29, 0.717) is 24.5 Å². The van der Waals surface area contributed by atoms with Gasteiger partial charge in [0, 0.05) is 37.5 Å². The van der Waals surface area contributed by atoms with Crippen LogP contribution in [0.5, 0.6) is 5.88 Å². The van der Waals surface area contributed by atoms with Gasteiger partial charge in [0.25, 0.3) is 0 Å². The van der Waals surface area contributed by atoms with Crippen molar-refractivity contribution in [2.75, 3.05) is 12.0 Å². The molecule has 1 fully saturated rings. The average molecular weight is 364 g/mol. The van der Waals surface area contributed by atoms with Crippen LogP contribution in [0.1, 0.15) is 44.2 Å². The topological polar surface area (TPSA) is 121 Å². The van der Waals surface area contributed by atoms with Crippen LogP contribution in [0, 0.1) is 0 Å². The zero-order valence-electron chi connectivity index (χ0n) is 14.5. The third-order valence-corrected chi connectivity index (χ3v) is 6.32. The van der Waals surface area contributed by atoms with Crippen LogP contribution in [0.3, 0.4) is 0 Å². The molecular weight excluding hydrogens is 340 g/mol. The highest BCUT2D eigenvalue weighted by Crippen LogP contribution is 2.35. The van der Waals surface area contributed by atoms with Gasteiger partial charge in [0.05, 0.1) is 10.6 Å². The van der Waals surface area contributed by atoms with Gasteiger partial charge < -0.3 is 16.2 Å². The molecule has 25 heavy (non-hydrogen) atoms. The lowest BCUT2D eigenvalue weighted by molar-refractivity contribution is 0.119. The van der Waals surface area contributed by atoms with Crippen LogP contribution in [0.15, 0.2) is 18.5 Å². The van der Waals surface area contributed by atoms with E-state index in [1.807, 2.05) is 0 Å². The van der Waals surface area contributed by atoms with Gasteiger partial charge in [-0.1, -0.05) is 13.3 Å². The van der Waals surface area contributed by atoms with Crippen LogP contribution in [0.25, 0.3) is 10.8 Å². The third-order valence-electron chi connectivity index (χ3n) is 4.72. The Morgan fingerprint density at radius 1 is 1.28 bits per heavy atom. The second-order valence-corrected chi connectivity index (χ2v) is 9.06. The first-order valence-electron chi connectivity index (χ1n) is 8.44. The van der Waals surface area contributed by atoms with Crippen molar-refractivity contribution in [3.8, 4) is 5.88 Å². The number of rotatable bonds is 6. The maximum atomic E-state index is 11.5. The molecule has 1 aliphatic carbocycles. The van der Waals surface area contributed by atoms with Crippen LogP contribution in [0.4, 0.5) is 5.82 Å². The molecule has 0 aromatic carbocycles. The number of hydrogen-bond donors (Lipinski definition) is 2. The summed E-state index contributed by atoms with van der Waals surface area (Å²) in [5.41, 5.74) is 13.0. The molecule has 0 aliphatic heterocycles. The number of nitrogens with zero attached hydrogens (tertiary/aromatic N) is 2. The van der Waals surface area contributed by atoms with Crippen LogP contribution in [-0.4, -0.2) is 36.0 Å². The van der Waals surface area contributed by atoms with Crippen LogP contribution in [0.2, 0.25) is 0 Å². The molecule has 1 atom stereocenters. The molecular formula is C17H24N4O3S. The summed E-state index contributed by atoms with van der Waals surface area (Å²) in [4.78, 5) is 8.56. The molecule has 0 bridgehead atoms. The lowest BCUT2D eigenvalue weighted by Gasteiger charge is -2.33. The van der Waals surface area contributed by atoms with Gasteiger partial charge in [0.15, 0.2) is 9.84 Å². The second-order valence-electron chi connectivity index (χ2n) is 6.73. The lowest BCUT2D eigenvalue weighted by Crippen LogP contribution is -2.42. The van der Waals surface area contributed by atoms with E-state index in [1.165, 1.54) is 6.26 Å².